The molecule has 178 valence electrons. The van der Waals surface area contributed by atoms with Crippen LogP contribution in [0.25, 0.3) is 0 Å². The van der Waals surface area contributed by atoms with Gasteiger partial charge >= 0.3 is 0 Å². The summed E-state index contributed by atoms with van der Waals surface area (Å²) in [5.74, 6) is -1.52. The minimum absolute atomic E-state index is 0.0482. The van der Waals surface area contributed by atoms with Gasteiger partial charge in [0.1, 0.15) is 11.9 Å². The van der Waals surface area contributed by atoms with Gasteiger partial charge in [0.15, 0.2) is 0 Å². The Kier molecular flexibility index (Phi) is 9.38. The SMILES string of the molecule is COCCN(C(=O)CNC(=O)c1cccs1)C(C(=O)NC1CCCCC1)c1ccc(F)cc1. The Morgan fingerprint density at radius 1 is 1.15 bits per heavy atom. The van der Waals surface area contributed by atoms with Crippen molar-refractivity contribution in [2.24, 2.45) is 0 Å². The van der Waals surface area contributed by atoms with Gasteiger partial charge in [0.25, 0.3) is 5.91 Å². The first-order chi connectivity index (χ1) is 16.0. The molecule has 1 heterocycles. The molecular formula is C24H30FN3O4S. The maximum atomic E-state index is 13.6. The second kappa shape index (κ2) is 12.5. The Hall–Kier alpha value is -2.78. The molecule has 2 N–H and O–H groups in total. The van der Waals surface area contributed by atoms with E-state index in [0.29, 0.717) is 10.4 Å². The first-order valence-electron chi connectivity index (χ1n) is 11.2. The van der Waals surface area contributed by atoms with Crippen LogP contribution in [0.5, 0.6) is 0 Å². The summed E-state index contributed by atoms with van der Waals surface area (Å²) in [6.07, 6.45) is 5.03. The fraction of sp³-hybridized carbons (Fsp3) is 0.458. The number of benzene rings is 1. The number of ether oxygens (including phenoxy) is 1. The molecule has 3 rings (SSSR count). The van der Waals surface area contributed by atoms with E-state index in [1.807, 2.05) is 0 Å². The Morgan fingerprint density at radius 3 is 2.52 bits per heavy atom. The number of nitrogens with zero attached hydrogens (tertiary/aromatic N) is 1. The minimum atomic E-state index is -0.964. The van der Waals surface area contributed by atoms with Crippen molar-refractivity contribution < 1.29 is 23.5 Å². The summed E-state index contributed by atoms with van der Waals surface area (Å²) < 4.78 is 18.8. The number of carbonyl (C=O) groups excluding carboxylic acids is 3. The van der Waals surface area contributed by atoms with Gasteiger partial charge in [-0.2, -0.15) is 0 Å². The zero-order valence-corrected chi connectivity index (χ0v) is 19.5. The molecule has 0 radical (unpaired) electrons. The van der Waals surface area contributed by atoms with Crippen LogP contribution in [0, 0.1) is 5.82 Å². The van der Waals surface area contributed by atoms with Gasteiger partial charge in [-0.05, 0) is 42.0 Å². The van der Waals surface area contributed by atoms with Crippen molar-refractivity contribution in [1.29, 1.82) is 0 Å². The molecule has 1 unspecified atom stereocenters. The predicted molar refractivity (Wildman–Crippen MR) is 124 cm³/mol. The molecule has 1 aliphatic carbocycles. The third-order valence-corrected chi connectivity index (χ3v) is 6.57. The fourth-order valence-corrected chi connectivity index (χ4v) is 4.62. The van der Waals surface area contributed by atoms with Gasteiger partial charge in [0, 0.05) is 19.7 Å². The van der Waals surface area contributed by atoms with E-state index in [1.54, 1.807) is 17.5 Å². The van der Waals surface area contributed by atoms with Crippen molar-refractivity contribution in [2.75, 3.05) is 26.8 Å². The molecule has 1 fully saturated rings. The molecule has 9 heteroatoms. The molecule has 0 bridgehead atoms. The lowest BCUT2D eigenvalue weighted by Gasteiger charge is -2.33. The van der Waals surface area contributed by atoms with Crippen LogP contribution >= 0.6 is 11.3 Å². The summed E-state index contributed by atoms with van der Waals surface area (Å²) in [7, 11) is 1.51. The van der Waals surface area contributed by atoms with Crippen molar-refractivity contribution in [3.63, 3.8) is 0 Å². The molecule has 33 heavy (non-hydrogen) atoms. The maximum absolute atomic E-state index is 13.6. The van der Waals surface area contributed by atoms with E-state index >= 15 is 0 Å². The Bertz CT molecular complexity index is 914. The average molecular weight is 476 g/mol. The number of nitrogens with one attached hydrogen (secondary N) is 2. The number of rotatable bonds is 10. The monoisotopic (exact) mass is 475 g/mol. The minimum Gasteiger partial charge on any atom is -0.383 e. The summed E-state index contributed by atoms with van der Waals surface area (Å²) in [4.78, 5) is 40.8. The van der Waals surface area contributed by atoms with Crippen molar-refractivity contribution in [3.8, 4) is 0 Å². The van der Waals surface area contributed by atoms with Crippen LogP contribution in [-0.2, 0) is 14.3 Å². The highest BCUT2D eigenvalue weighted by atomic mass is 32.1. The van der Waals surface area contributed by atoms with E-state index in [4.69, 9.17) is 4.74 Å². The van der Waals surface area contributed by atoms with Crippen LogP contribution in [0.3, 0.4) is 0 Å². The van der Waals surface area contributed by atoms with E-state index in [9.17, 15) is 18.8 Å². The van der Waals surface area contributed by atoms with Gasteiger partial charge in [-0.1, -0.05) is 37.5 Å². The zero-order valence-electron chi connectivity index (χ0n) is 18.7. The van der Waals surface area contributed by atoms with Crippen LogP contribution in [0.1, 0.15) is 53.4 Å². The highest BCUT2D eigenvalue weighted by Gasteiger charge is 2.33. The lowest BCUT2D eigenvalue weighted by Crippen LogP contribution is -2.50. The second-order valence-electron chi connectivity index (χ2n) is 8.04. The summed E-state index contributed by atoms with van der Waals surface area (Å²) in [6, 6.07) is 8.08. The van der Waals surface area contributed by atoms with Gasteiger partial charge in [-0.25, -0.2) is 4.39 Å². The van der Waals surface area contributed by atoms with E-state index in [-0.39, 0.29) is 37.6 Å². The molecule has 1 aromatic carbocycles. The van der Waals surface area contributed by atoms with E-state index in [0.717, 1.165) is 32.1 Å². The third-order valence-electron chi connectivity index (χ3n) is 5.70. The summed E-state index contributed by atoms with van der Waals surface area (Å²) in [6.45, 7) is 0.0815. The summed E-state index contributed by atoms with van der Waals surface area (Å²) >= 11 is 1.28. The van der Waals surface area contributed by atoms with Crippen molar-refractivity contribution in [1.82, 2.24) is 15.5 Å². The van der Waals surface area contributed by atoms with Crippen LogP contribution in [-0.4, -0.2) is 55.5 Å². The van der Waals surface area contributed by atoms with Crippen molar-refractivity contribution in [3.05, 3.63) is 58.0 Å². The molecule has 1 atom stereocenters. The first-order valence-corrected chi connectivity index (χ1v) is 12.0. The molecule has 0 aliphatic heterocycles. The normalized spacial score (nSPS) is 15.0. The number of halogens is 1. The topological polar surface area (TPSA) is 87.7 Å². The zero-order chi connectivity index (χ0) is 23.6. The maximum Gasteiger partial charge on any atom is 0.261 e. The average Bonchev–Trinajstić information content (AvgIpc) is 3.36. The van der Waals surface area contributed by atoms with Gasteiger partial charge in [0.2, 0.25) is 11.8 Å². The Balaban J connectivity index is 1.81. The molecule has 1 saturated carbocycles. The van der Waals surface area contributed by atoms with Crippen LogP contribution in [0.15, 0.2) is 41.8 Å². The lowest BCUT2D eigenvalue weighted by atomic mass is 9.94. The molecule has 1 aromatic heterocycles. The molecule has 0 spiro atoms. The van der Waals surface area contributed by atoms with Crippen molar-refractivity contribution >= 4 is 29.1 Å². The second-order valence-corrected chi connectivity index (χ2v) is 8.99. The Labute approximate surface area is 197 Å². The third kappa shape index (κ3) is 7.10. The highest BCUT2D eigenvalue weighted by molar-refractivity contribution is 7.12. The number of hydrogen-bond acceptors (Lipinski definition) is 5. The van der Waals surface area contributed by atoms with Gasteiger partial charge in [-0.3, -0.25) is 14.4 Å². The molecular weight excluding hydrogens is 445 g/mol. The molecule has 1 aliphatic rings. The van der Waals surface area contributed by atoms with Gasteiger partial charge in [0.05, 0.1) is 18.0 Å². The molecule has 0 saturated heterocycles. The quantitative estimate of drug-likeness (QED) is 0.552. The largest absolute Gasteiger partial charge is 0.383 e. The first kappa shape index (κ1) is 24.9. The number of amides is 3. The number of methoxy groups -OCH3 is 1. The molecule has 3 amide bonds. The van der Waals surface area contributed by atoms with E-state index in [1.165, 1.54) is 47.6 Å². The highest BCUT2D eigenvalue weighted by Crippen LogP contribution is 2.24. The lowest BCUT2D eigenvalue weighted by molar-refractivity contribution is -0.141. The standard InChI is InChI=1S/C24H30FN3O4S/c1-32-14-13-28(21(29)16-26-23(30)20-8-5-15-33-20)22(17-9-11-18(25)12-10-17)24(31)27-19-6-3-2-4-7-19/h5,8-12,15,19,22H,2-4,6-7,13-14,16H2,1H3,(H,26,30)(H,27,31). The molecule has 2 aromatic rings. The molecule has 7 nitrogen and oxygen atoms in total. The Morgan fingerprint density at radius 2 is 1.88 bits per heavy atom. The number of hydrogen-bond donors (Lipinski definition) is 2. The van der Waals surface area contributed by atoms with Crippen LogP contribution in [0.4, 0.5) is 4.39 Å². The smallest absolute Gasteiger partial charge is 0.261 e. The van der Waals surface area contributed by atoms with Gasteiger partial charge < -0.3 is 20.3 Å². The van der Waals surface area contributed by atoms with E-state index in [2.05, 4.69) is 10.6 Å². The number of carbonyl (C=O) groups is 3. The van der Waals surface area contributed by atoms with E-state index < -0.39 is 17.8 Å². The fourth-order valence-electron chi connectivity index (χ4n) is 3.98. The van der Waals surface area contributed by atoms with Crippen LogP contribution in [0.2, 0.25) is 0 Å². The van der Waals surface area contributed by atoms with Crippen LogP contribution < -0.4 is 10.6 Å². The van der Waals surface area contributed by atoms with Gasteiger partial charge in [-0.15, -0.1) is 11.3 Å². The summed E-state index contributed by atoms with van der Waals surface area (Å²) in [5.41, 5.74) is 0.499. The number of thiophene rings is 1. The summed E-state index contributed by atoms with van der Waals surface area (Å²) in [5, 5.41) is 7.48. The predicted octanol–water partition coefficient (Wildman–Crippen LogP) is 3.28. The van der Waals surface area contributed by atoms with Crippen molar-refractivity contribution in [2.45, 2.75) is 44.2 Å².